The quantitative estimate of drug-likeness (QED) is 0.797. The van der Waals surface area contributed by atoms with Gasteiger partial charge < -0.3 is 24.1 Å². The molecule has 0 saturated carbocycles. The maximum Gasteiger partial charge on any atom is 0.186 e. The van der Waals surface area contributed by atoms with Crippen LogP contribution in [0.2, 0.25) is 0 Å². The van der Waals surface area contributed by atoms with Crippen molar-refractivity contribution in [1.82, 2.24) is 0 Å². The van der Waals surface area contributed by atoms with Crippen molar-refractivity contribution in [2.24, 2.45) is 0 Å². The van der Waals surface area contributed by atoms with E-state index in [9.17, 15) is 5.11 Å². The maximum atomic E-state index is 9.63. The van der Waals surface area contributed by atoms with Gasteiger partial charge >= 0.3 is 0 Å². The Kier molecular flexibility index (Phi) is 6.55. The van der Waals surface area contributed by atoms with Gasteiger partial charge in [-0.05, 0) is 11.1 Å². The molecule has 3 rings (SSSR count). The summed E-state index contributed by atoms with van der Waals surface area (Å²) in [6.07, 6.45) is -1.86. The van der Waals surface area contributed by atoms with Gasteiger partial charge in [0.1, 0.15) is 18.3 Å². The summed E-state index contributed by atoms with van der Waals surface area (Å²) in [5, 5.41) is 9.63. The third-order valence-corrected chi connectivity index (χ3v) is 4.25. The van der Waals surface area contributed by atoms with Crippen LogP contribution in [0.5, 0.6) is 0 Å². The molecule has 5 heteroatoms. The zero-order valence-electron chi connectivity index (χ0n) is 14.3. The summed E-state index contributed by atoms with van der Waals surface area (Å²) < 4.78 is 23.2. The smallest absolute Gasteiger partial charge is 0.186 e. The molecule has 25 heavy (non-hydrogen) atoms. The number of benzene rings is 2. The highest BCUT2D eigenvalue weighted by atomic mass is 16.7. The van der Waals surface area contributed by atoms with Gasteiger partial charge in [-0.2, -0.15) is 0 Å². The molecular weight excluding hydrogens is 320 g/mol. The van der Waals surface area contributed by atoms with Gasteiger partial charge in [-0.25, -0.2) is 0 Å². The Morgan fingerprint density at radius 1 is 0.840 bits per heavy atom. The summed E-state index contributed by atoms with van der Waals surface area (Å²) in [5.74, 6) is 0. The lowest BCUT2D eigenvalue weighted by Gasteiger charge is -2.24. The van der Waals surface area contributed by atoms with Crippen molar-refractivity contribution >= 4 is 0 Å². The van der Waals surface area contributed by atoms with E-state index in [0.717, 1.165) is 11.1 Å². The number of aliphatic hydroxyl groups is 1. The van der Waals surface area contributed by atoms with Crippen molar-refractivity contribution in [2.45, 2.75) is 37.8 Å². The van der Waals surface area contributed by atoms with E-state index in [1.807, 2.05) is 60.7 Å². The highest BCUT2D eigenvalue weighted by molar-refractivity contribution is 5.14. The molecule has 0 aliphatic carbocycles. The Morgan fingerprint density at radius 3 is 1.84 bits per heavy atom. The monoisotopic (exact) mass is 344 g/mol. The number of hydrogen-bond donors (Lipinski definition) is 1. The fourth-order valence-electron chi connectivity index (χ4n) is 2.94. The number of rotatable bonds is 8. The largest absolute Gasteiger partial charge is 0.394 e. The van der Waals surface area contributed by atoms with E-state index in [4.69, 9.17) is 18.9 Å². The Labute approximate surface area is 148 Å². The molecule has 1 heterocycles. The van der Waals surface area contributed by atoms with Gasteiger partial charge in [0.05, 0.1) is 19.8 Å². The van der Waals surface area contributed by atoms with Gasteiger partial charge in [0.25, 0.3) is 0 Å². The van der Waals surface area contributed by atoms with Gasteiger partial charge in [0.2, 0.25) is 0 Å². The summed E-state index contributed by atoms with van der Waals surface area (Å²) in [6, 6.07) is 19.8. The van der Waals surface area contributed by atoms with Crippen molar-refractivity contribution in [2.75, 3.05) is 13.7 Å². The van der Waals surface area contributed by atoms with E-state index in [1.54, 1.807) is 7.11 Å². The molecule has 1 fully saturated rings. The lowest BCUT2D eigenvalue weighted by Crippen LogP contribution is -2.39. The SMILES string of the molecule is CO[C@H]1O[C@@H](CO)[C@H](OCc2ccccc2)[C@@H]1OCc1ccccc1. The first-order valence-electron chi connectivity index (χ1n) is 8.42. The molecule has 2 aromatic rings. The summed E-state index contributed by atoms with van der Waals surface area (Å²) in [6.45, 7) is 0.704. The van der Waals surface area contributed by atoms with E-state index >= 15 is 0 Å². The summed E-state index contributed by atoms with van der Waals surface area (Å²) >= 11 is 0. The molecule has 2 aromatic carbocycles. The predicted octanol–water partition coefficient (Wildman–Crippen LogP) is 2.52. The Morgan fingerprint density at radius 2 is 1.36 bits per heavy atom. The molecule has 1 aliphatic heterocycles. The second-order valence-electron chi connectivity index (χ2n) is 5.98. The zero-order chi connectivity index (χ0) is 17.5. The van der Waals surface area contributed by atoms with Crippen LogP contribution in [0.3, 0.4) is 0 Å². The van der Waals surface area contributed by atoms with Crippen LogP contribution in [0.15, 0.2) is 60.7 Å². The number of hydrogen-bond acceptors (Lipinski definition) is 5. The van der Waals surface area contributed by atoms with Gasteiger partial charge in [-0.15, -0.1) is 0 Å². The van der Waals surface area contributed by atoms with Crippen LogP contribution < -0.4 is 0 Å². The zero-order valence-corrected chi connectivity index (χ0v) is 14.3. The molecular formula is C20H24O5. The predicted molar refractivity (Wildman–Crippen MR) is 92.8 cm³/mol. The summed E-state index contributed by atoms with van der Waals surface area (Å²) in [5.41, 5.74) is 2.12. The van der Waals surface area contributed by atoms with Crippen molar-refractivity contribution < 1.29 is 24.1 Å². The Bertz CT molecular complexity index is 563. The van der Waals surface area contributed by atoms with Crippen LogP contribution in [0.4, 0.5) is 0 Å². The van der Waals surface area contributed by atoms with Gasteiger partial charge in [-0.3, -0.25) is 0 Å². The van der Waals surface area contributed by atoms with E-state index in [1.165, 1.54) is 0 Å². The van der Waals surface area contributed by atoms with Crippen LogP contribution in [0, 0.1) is 0 Å². The fraction of sp³-hybridized carbons (Fsp3) is 0.400. The fourth-order valence-corrected chi connectivity index (χ4v) is 2.94. The van der Waals surface area contributed by atoms with Gasteiger partial charge in [-0.1, -0.05) is 60.7 Å². The Balaban J connectivity index is 1.66. The number of methoxy groups -OCH3 is 1. The molecule has 4 atom stereocenters. The first-order chi connectivity index (χ1) is 12.3. The average Bonchev–Trinajstić information content (AvgIpc) is 3.03. The van der Waals surface area contributed by atoms with Crippen LogP contribution in [-0.2, 0) is 32.2 Å². The molecule has 0 spiro atoms. The second-order valence-corrected chi connectivity index (χ2v) is 5.98. The van der Waals surface area contributed by atoms with Crippen LogP contribution in [0.25, 0.3) is 0 Å². The minimum Gasteiger partial charge on any atom is -0.394 e. The normalized spacial score (nSPS) is 26.0. The standard InChI is InChI=1S/C20H24O5/c1-22-20-19(24-14-16-10-6-3-7-11-16)18(17(12-21)25-20)23-13-15-8-4-2-5-9-15/h2-11,17-21H,12-14H2,1H3/t17-,18-,19-,20-/m0/s1. The molecule has 0 amide bonds. The van der Waals surface area contributed by atoms with E-state index in [-0.39, 0.29) is 6.61 Å². The molecule has 1 N–H and O–H groups in total. The average molecular weight is 344 g/mol. The first-order valence-corrected chi connectivity index (χ1v) is 8.42. The molecule has 134 valence electrons. The van der Waals surface area contributed by atoms with E-state index in [2.05, 4.69) is 0 Å². The highest BCUT2D eigenvalue weighted by Gasteiger charge is 2.46. The minimum absolute atomic E-state index is 0.148. The molecule has 1 aliphatic rings. The van der Waals surface area contributed by atoms with Crippen molar-refractivity contribution in [3.05, 3.63) is 71.8 Å². The molecule has 0 aromatic heterocycles. The lowest BCUT2D eigenvalue weighted by atomic mass is 10.1. The Hall–Kier alpha value is -1.76. The van der Waals surface area contributed by atoms with E-state index < -0.39 is 24.6 Å². The van der Waals surface area contributed by atoms with Crippen molar-refractivity contribution in [3.8, 4) is 0 Å². The van der Waals surface area contributed by atoms with Gasteiger partial charge in [0, 0.05) is 7.11 Å². The highest BCUT2D eigenvalue weighted by Crippen LogP contribution is 2.28. The van der Waals surface area contributed by atoms with Crippen LogP contribution >= 0.6 is 0 Å². The number of ether oxygens (including phenoxy) is 4. The molecule has 5 nitrogen and oxygen atoms in total. The summed E-state index contributed by atoms with van der Waals surface area (Å²) in [7, 11) is 1.57. The van der Waals surface area contributed by atoms with Crippen LogP contribution in [0.1, 0.15) is 11.1 Å². The topological polar surface area (TPSA) is 57.2 Å². The van der Waals surface area contributed by atoms with Gasteiger partial charge in [0.15, 0.2) is 6.29 Å². The molecule has 1 saturated heterocycles. The van der Waals surface area contributed by atoms with Crippen LogP contribution in [-0.4, -0.2) is 43.4 Å². The molecule has 0 unspecified atom stereocenters. The number of aliphatic hydroxyl groups excluding tert-OH is 1. The lowest BCUT2D eigenvalue weighted by molar-refractivity contribution is -0.169. The van der Waals surface area contributed by atoms with E-state index in [0.29, 0.717) is 13.2 Å². The minimum atomic E-state index is -0.568. The third kappa shape index (κ3) is 4.66. The summed E-state index contributed by atoms with van der Waals surface area (Å²) in [4.78, 5) is 0. The molecule has 0 radical (unpaired) electrons. The van der Waals surface area contributed by atoms with Crippen molar-refractivity contribution in [1.29, 1.82) is 0 Å². The molecule has 0 bridgehead atoms. The second kappa shape index (κ2) is 9.08. The van der Waals surface area contributed by atoms with Crippen molar-refractivity contribution in [3.63, 3.8) is 0 Å². The maximum absolute atomic E-state index is 9.63. The first kappa shape index (κ1) is 18.0. The third-order valence-electron chi connectivity index (χ3n) is 4.25.